The number of hydrogen-bond acceptors (Lipinski definition) is 2. The summed E-state index contributed by atoms with van der Waals surface area (Å²) in [6, 6.07) is 9.52. The Kier molecular flexibility index (Phi) is 4.11. The first-order chi connectivity index (χ1) is 9.24. The van der Waals surface area contributed by atoms with Gasteiger partial charge in [0.2, 0.25) is 0 Å². The van der Waals surface area contributed by atoms with Crippen molar-refractivity contribution in [2.75, 3.05) is 19.6 Å². The number of hydrogen-bond donors (Lipinski definition) is 1. The molecule has 1 aliphatic carbocycles. The Morgan fingerprint density at radius 2 is 2.00 bits per heavy atom. The van der Waals surface area contributed by atoms with Crippen LogP contribution >= 0.6 is 11.6 Å². The zero-order chi connectivity index (χ0) is 13.2. The first-order valence-electron chi connectivity index (χ1n) is 7.47. The molecule has 2 fully saturated rings. The van der Waals surface area contributed by atoms with Gasteiger partial charge in [-0.1, -0.05) is 23.7 Å². The van der Waals surface area contributed by atoms with Gasteiger partial charge in [0, 0.05) is 30.2 Å². The van der Waals surface area contributed by atoms with Gasteiger partial charge in [-0.25, -0.2) is 0 Å². The molecule has 0 aromatic heterocycles. The molecule has 1 N–H and O–H groups in total. The first kappa shape index (κ1) is 13.4. The quantitative estimate of drug-likeness (QED) is 0.911. The molecule has 19 heavy (non-hydrogen) atoms. The van der Waals surface area contributed by atoms with Crippen molar-refractivity contribution in [1.29, 1.82) is 0 Å². The highest BCUT2D eigenvalue weighted by atomic mass is 35.5. The fraction of sp³-hybridized carbons (Fsp3) is 0.625. The lowest BCUT2D eigenvalue weighted by atomic mass is 10.1. The Balaban J connectivity index is 1.70. The highest BCUT2D eigenvalue weighted by Gasteiger charge is 2.34. The molecule has 104 valence electrons. The molecule has 1 aromatic rings. The Hall–Kier alpha value is -0.570. The predicted octanol–water partition coefficient (Wildman–Crippen LogP) is 3.47. The molecule has 0 amide bonds. The van der Waals surface area contributed by atoms with Crippen LogP contribution in [0.4, 0.5) is 0 Å². The fourth-order valence-corrected chi connectivity index (χ4v) is 3.22. The Labute approximate surface area is 121 Å². The van der Waals surface area contributed by atoms with Crippen LogP contribution in [0.15, 0.2) is 24.3 Å². The zero-order valence-electron chi connectivity index (χ0n) is 11.6. The molecule has 1 saturated carbocycles. The van der Waals surface area contributed by atoms with Gasteiger partial charge < -0.3 is 5.32 Å². The van der Waals surface area contributed by atoms with E-state index in [1.165, 1.54) is 44.5 Å². The lowest BCUT2D eigenvalue weighted by molar-refractivity contribution is 0.200. The van der Waals surface area contributed by atoms with E-state index in [1.807, 2.05) is 12.1 Å². The highest BCUT2D eigenvalue weighted by Crippen LogP contribution is 2.34. The van der Waals surface area contributed by atoms with Gasteiger partial charge in [0.1, 0.15) is 0 Å². The lowest BCUT2D eigenvalue weighted by Gasteiger charge is -2.30. The van der Waals surface area contributed by atoms with Crippen molar-refractivity contribution in [3.05, 3.63) is 34.9 Å². The van der Waals surface area contributed by atoms with Crippen LogP contribution in [0.1, 0.15) is 37.8 Å². The first-order valence-corrected chi connectivity index (χ1v) is 7.85. The molecule has 0 bridgehead atoms. The summed E-state index contributed by atoms with van der Waals surface area (Å²) in [4.78, 5) is 2.63. The van der Waals surface area contributed by atoms with Crippen LogP contribution in [0.5, 0.6) is 0 Å². The summed E-state index contributed by atoms with van der Waals surface area (Å²) in [6.07, 6.45) is 4.09. The van der Waals surface area contributed by atoms with Crippen molar-refractivity contribution in [2.24, 2.45) is 5.92 Å². The predicted molar refractivity (Wildman–Crippen MR) is 80.6 cm³/mol. The summed E-state index contributed by atoms with van der Waals surface area (Å²) in [5, 5.41) is 4.55. The topological polar surface area (TPSA) is 15.3 Å². The second-order valence-electron chi connectivity index (χ2n) is 5.97. The number of nitrogens with zero attached hydrogens (tertiary/aromatic N) is 1. The summed E-state index contributed by atoms with van der Waals surface area (Å²) < 4.78 is 0. The minimum absolute atomic E-state index is 0.485. The van der Waals surface area contributed by atoms with Gasteiger partial charge >= 0.3 is 0 Å². The van der Waals surface area contributed by atoms with Crippen LogP contribution in [0.3, 0.4) is 0 Å². The number of nitrogens with one attached hydrogen (secondary N) is 1. The maximum absolute atomic E-state index is 5.98. The largest absolute Gasteiger partial charge is 0.312 e. The van der Waals surface area contributed by atoms with E-state index in [-0.39, 0.29) is 0 Å². The summed E-state index contributed by atoms with van der Waals surface area (Å²) >= 11 is 5.98. The third kappa shape index (κ3) is 3.31. The normalized spacial score (nSPS) is 26.9. The Morgan fingerprint density at radius 1 is 1.26 bits per heavy atom. The smallest absolute Gasteiger partial charge is 0.0406 e. The minimum Gasteiger partial charge on any atom is -0.312 e. The Bertz CT molecular complexity index is 413. The van der Waals surface area contributed by atoms with E-state index in [0.717, 1.165) is 10.9 Å². The highest BCUT2D eigenvalue weighted by molar-refractivity contribution is 6.30. The van der Waals surface area contributed by atoms with Crippen molar-refractivity contribution in [3.8, 4) is 0 Å². The molecule has 1 saturated heterocycles. The van der Waals surface area contributed by atoms with Crippen LogP contribution in [-0.2, 0) is 0 Å². The lowest BCUT2D eigenvalue weighted by Crippen LogP contribution is -2.40. The minimum atomic E-state index is 0.485. The molecule has 3 rings (SSSR count). The maximum Gasteiger partial charge on any atom is 0.0406 e. The van der Waals surface area contributed by atoms with E-state index in [1.54, 1.807) is 0 Å². The van der Waals surface area contributed by atoms with Crippen molar-refractivity contribution in [3.63, 3.8) is 0 Å². The molecule has 0 radical (unpaired) electrons. The van der Waals surface area contributed by atoms with E-state index >= 15 is 0 Å². The van der Waals surface area contributed by atoms with Crippen LogP contribution < -0.4 is 5.32 Å². The number of halogens is 1. The molecule has 2 nitrogen and oxygen atoms in total. The monoisotopic (exact) mass is 278 g/mol. The SMILES string of the molecule is CC(c1ccc(Cl)cc1)N1CCCNC(C2CC2)C1. The average Bonchev–Trinajstić information content (AvgIpc) is 3.25. The molecular formula is C16H23ClN2. The zero-order valence-corrected chi connectivity index (χ0v) is 12.4. The van der Waals surface area contributed by atoms with Crippen molar-refractivity contribution in [2.45, 2.75) is 38.3 Å². The fourth-order valence-electron chi connectivity index (χ4n) is 3.10. The second-order valence-corrected chi connectivity index (χ2v) is 6.41. The molecule has 3 heteroatoms. The van der Waals surface area contributed by atoms with Crippen molar-refractivity contribution >= 4 is 11.6 Å². The van der Waals surface area contributed by atoms with Crippen LogP contribution in [0.2, 0.25) is 5.02 Å². The third-order valence-corrected chi connectivity index (χ3v) is 4.80. The number of benzene rings is 1. The summed E-state index contributed by atoms with van der Waals surface area (Å²) in [5.74, 6) is 0.929. The molecule has 1 heterocycles. The van der Waals surface area contributed by atoms with E-state index in [4.69, 9.17) is 11.6 Å². The third-order valence-electron chi connectivity index (χ3n) is 4.55. The van der Waals surface area contributed by atoms with Gasteiger partial charge in [-0.15, -0.1) is 0 Å². The van der Waals surface area contributed by atoms with Crippen LogP contribution in [0.25, 0.3) is 0 Å². The van der Waals surface area contributed by atoms with E-state index < -0.39 is 0 Å². The van der Waals surface area contributed by atoms with Gasteiger partial charge in [-0.05, 0) is 56.3 Å². The van der Waals surface area contributed by atoms with Gasteiger partial charge in [0.25, 0.3) is 0 Å². The van der Waals surface area contributed by atoms with Gasteiger partial charge in [-0.3, -0.25) is 4.90 Å². The maximum atomic E-state index is 5.98. The van der Waals surface area contributed by atoms with Crippen LogP contribution in [0, 0.1) is 5.92 Å². The van der Waals surface area contributed by atoms with Gasteiger partial charge in [0.15, 0.2) is 0 Å². The van der Waals surface area contributed by atoms with Crippen LogP contribution in [-0.4, -0.2) is 30.6 Å². The second kappa shape index (κ2) is 5.82. The van der Waals surface area contributed by atoms with E-state index in [9.17, 15) is 0 Å². The average molecular weight is 279 g/mol. The Morgan fingerprint density at radius 3 is 2.68 bits per heavy atom. The molecule has 2 atom stereocenters. The number of rotatable bonds is 3. The molecular weight excluding hydrogens is 256 g/mol. The molecule has 1 aromatic carbocycles. The van der Waals surface area contributed by atoms with Crippen molar-refractivity contribution in [1.82, 2.24) is 10.2 Å². The molecule has 0 spiro atoms. The summed E-state index contributed by atoms with van der Waals surface area (Å²) in [6.45, 7) is 5.87. The standard InChI is InChI=1S/C16H23ClN2/c1-12(13-5-7-15(17)8-6-13)19-10-2-9-18-16(11-19)14-3-4-14/h5-8,12,14,16,18H,2-4,9-11H2,1H3. The molecule has 2 unspecified atom stereocenters. The van der Waals surface area contributed by atoms with Gasteiger partial charge in [-0.2, -0.15) is 0 Å². The molecule has 2 aliphatic rings. The molecule has 1 aliphatic heterocycles. The summed E-state index contributed by atoms with van der Waals surface area (Å²) in [7, 11) is 0. The van der Waals surface area contributed by atoms with Gasteiger partial charge in [0.05, 0.1) is 0 Å². The summed E-state index contributed by atoms with van der Waals surface area (Å²) in [5.41, 5.74) is 1.38. The van der Waals surface area contributed by atoms with Crippen molar-refractivity contribution < 1.29 is 0 Å². The van der Waals surface area contributed by atoms with E-state index in [2.05, 4.69) is 29.3 Å². The van der Waals surface area contributed by atoms with E-state index in [0.29, 0.717) is 12.1 Å².